The van der Waals surface area contributed by atoms with Gasteiger partial charge in [0.15, 0.2) is 6.10 Å². The molecule has 0 radical (unpaired) electrons. The zero-order chi connectivity index (χ0) is 17.1. The summed E-state index contributed by atoms with van der Waals surface area (Å²) >= 11 is 7.14. The van der Waals surface area contributed by atoms with Crippen LogP contribution in [0.1, 0.15) is 16.6 Å². The van der Waals surface area contributed by atoms with Crippen LogP contribution in [0.4, 0.5) is 5.69 Å². The number of amides is 1. The minimum Gasteiger partial charge on any atom is -0.448 e. The smallest absolute Gasteiger partial charge is 0.349 e. The van der Waals surface area contributed by atoms with Crippen molar-refractivity contribution in [3.8, 4) is 0 Å². The van der Waals surface area contributed by atoms with Crippen LogP contribution in [0.15, 0.2) is 54.6 Å². The van der Waals surface area contributed by atoms with Crippen LogP contribution in [-0.2, 0) is 9.53 Å². The van der Waals surface area contributed by atoms with Gasteiger partial charge in [-0.05, 0) is 48.7 Å². The third-order valence-corrected chi connectivity index (χ3v) is 4.74. The lowest BCUT2D eigenvalue weighted by Gasteiger charge is -2.13. The molecule has 3 rings (SSSR count). The van der Waals surface area contributed by atoms with Gasteiger partial charge in [0.25, 0.3) is 5.91 Å². The summed E-state index contributed by atoms with van der Waals surface area (Å²) in [6, 6.07) is 16.2. The molecule has 4 nitrogen and oxygen atoms in total. The van der Waals surface area contributed by atoms with E-state index in [0.29, 0.717) is 15.6 Å². The molecule has 0 aliphatic carbocycles. The highest BCUT2D eigenvalue weighted by molar-refractivity contribution is 7.20. The second-order valence-corrected chi connectivity index (χ2v) is 6.71. The van der Waals surface area contributed by atoms with Crippen LogP contribution in [0.5, 0.6) is 0 Å². The molecule has 0 aliphatic rings. The predicted molar refractivity (Wildman–Crippen MR) is 96.8 cm³/mol. The van der Waals surface area contributed by atoms with Gasteiger partial charge < -0.3 is 10.1 Å². The Labute approximate surface area is 148 Å². The van der Waals surface area contributed by atoms with Gasteiger partial charge in [0.1, 0.15) is 4.88 Å². The van der Waals surface area contributed by atoms with Gasteiger partial charge in [0, 0.05) is 15.4 Å². The normalized spacial score (nSPS) is 11.9. The SMILES string of the molecule is C[C@H](OC(=O)c1cc2ccccc2s1)C(=O)Nc1ccc(Cl)cc1. The van der Waals surface area contributed by atoms with E-state index in [1.807, 2.05) is 24.3 Å². The molecule has 1 heterocycles. The van der Waals surface area contributed by atoms with E-state index in [2.05, 4.69) is 5.32 Å². The standard InChI is InChI=1S/C18H14ClNO3S/c1-11(17(21)20-14-8-6-13(19)7-9-14)23-18(22)16-10-12-4-2-3-5-15(12)24-16/h2-11H,1H3,(H,20,21)/t11-/m0/s1. The Bertz CT molecular complexity index is 856. The van der Waals surface area contributed by atoms with Crippen LogP contribution in [0, 0.1) is 0 Å². The summed E-state index contributed by atoms with van der Waals surface area (Å²) in [6.45, 7) is 1.54. The van der Waals surface area contributed by atoms with Gasteiger partial charge in [0.2, 0.25) is 0 Å². The van der Waals surface area contributed by atoms with Crippen molar-refractivity contribution in [1.29, 1.82) is 0 Å². The Morgan fingerprint density at radius 3 is 2.54 bits per heavy atom. The average molecular weight is 360 g/mol. The van der Waals surface area contributed by atoms with Crippen molar-refractivity contribution in [2.24, 2.45) is 0 Å². The average Bonchev–Trinajstić information content (AvgIpc) is 3.01. The Kier molecular flexibility index (Phi) is 4.83. The fourth-order valence-corrected chi connectivity index (χ4v) is 3.20. The number of fused-ring (bicyclic) bond motifs is 1. The van der Waals surface area contributed by atoms with Crippen molar-refractivity contribution in [3.63, 3.8) is 0 Å². The number of anilines is 1. The Morgan fingerprint density at radius 2 is 1.83 bits per heavy atom. The molecule has 0 saturated carbocycles. The van der Waals surface area contributed by atoms with Gasteiger partial charge in [-0.3, -0.25) is 4.79 Å². The quantitative estimate of drug-likeness (QED) is 0.684. The van der Waals surface area contributed by atoms with Crippen LogP contribution in [0.2, 0.25) is 5.02 Å². The van der Waals surface area contributed by atoms with E-state index in [1.54, 1.807) is 30.3 Å². The van der Waals surface area contributed by atoms with Crippen molar-refractivity contribution >= 4 is 50.6 Å². The zero-order valence-corrected chi connectivity index (χ0v) is 14.4. The molecule has 1 atom stereocenters. The number of benzene rings is 2. The number of hydrogen-bond donors (Lipinski definition) is 1. The first kappa shape index (κ1) is 16.5. The number of ether oxygens (including phenoxy) is 1. The number of carbonyl (C=O) groups is 2. The lowest BCUT2D eigenvalue weighted by Crippen LogP contribution is -2.29. The van der Waals surface area contributed by atoms with Crippen LogP contribution in [0.25, 0.3) is 10.1 Å². The summed E-state index contributed by atoms with van der Waals surface area (Å²) in [4.78, 5) is 24.8. The third-order valence-electron chi connectivity index (χ3n) is 3.39. The maximum Gasteiger partial charge on any atom is 0.349 e. The molecule has 1 N–H and O–H groups in total. The summed E-state index contributed by atoms with van der Waals surface area (Å²) in [5, 5.41) is 4.24. The van der Waals surface area contributed by atoms with Crippen LogP contribution in [0.3, 0.4) is 0 Å². The van der Waals surface area contributed by atoms with Crippen molar-refractivity contribution in [2.45, 2.75) is 13.0 Å². The number of rotatable bonds is 4. The Hall–Kier alpha value is -2.37. The summed E-state index contributed by atoms with van der Waals surface area (Å²) in [6.07, 6.45) is -0.904. The number of carbonyl (C=O) groups excluding carboxylic acids is 2. The topological polar surface area (TPSA) is 55.4 Å². The molecule has 0 bridgehead atoms. The molecule has 0 fully saturated rings. The van der Waals surface area contributed by atoms with Gasteiger partial charge in [-0.2, -0.15) is 0 Å². The van der Waals surface area contributed by atoms with Crippen molar-refractivity contribution in [1.82, 2.24) is 0 Å². The molecule has 0 aliphatic heterocycles. The second-order valence-electron chi connectivity index (χ2n) is 5.19. The first-order chi connectivity index (χ1) is 11.5. The van der Waals surface area contributed by atoms with E-state index in [0.717, 1.165) is 10.1 Å². The maximum atomic E-state index is 12.2. The first-order valence-corrected chi connectivity index (χ1v) is 8.48. The number of thiophene rings is 1. The van der Waals surface area contributed by atoms with Crippen LogP contribution in [-0.4, -0.2) is 18.0 Å². The maximum absolute atomic E-state index is 12.2. The van der Waals surface area contributed by atoms with Crippen molar-refractivity contribution in [2.75, 3.05) is 5.32 Å². The molecule has 122 valence electrons. The van der Waals surface area contributed by atoms with Crippen molar-refractivity contribution in [3.05, 3.63) is 64.5 Å². The van der Waals surface area contributed by atoms with Crippen LogP contribution >= 0.6 is 22.9 Å². The molecule has 24 heavy (non-hydrogen) atoms. The minimum absolute atomic E-state index is 0.396. The van der Waals surface area contributed by atoms with E-state index in [4.69, 9.17) is 16.3 Å². The lowest BCUT2D eigenvalue weighted by molar-refractivity contribution is -0.123. The third kappa shape index (κ3) is 3.75. The molecule has 2 aromatic carbocycles. The summed E-state index contributed by atoms with van der Waals surface area (Å²) in [5.74, 6) is -0.901. The van der Waals surface area contributed by atoms with Gasteiger partial charge >= 0.3 is 5.97 Å². The fraction of sp³-hybridized carbons (Fsp3) is 0.111. The first-order valence-electron chi connectivity index (χ1n) is 7.29. The van der Waals surface area contributed by atoms with E-state index in [-0.39, 0.29) is 0 Å². The highest BCUT2D eigenvalue weighted by Gasteiger charge is 2.20. The van der Waals surface area contributed by atoms with Crippen LogP contribution < -0.4 is 5.32 Å². The molecular formula is C18H14ClNO3S. The van der Waals surface area contributed by atoms with Gasteiger partial charge in [-0.1, -0.05) is 29.8 Å². The number of esters is 1. The van der Waals surface area contributed by atoms with Gasteiger partial charge in [0.05, 0.1) is 0 Å². The van der Waals surface area contributed by atoms with Gasteiger partial charge in [-0.15, -0.1) is 11.3 Å². The summed E-state index contributed by atoms with van der Waals surface area (Å²) in [7, 11) is 0. The molecular weight excluding hydrogens is 346 g/mol. The second kappa shape index (κ2) is 7.03. The Morgan fingerprint density at radius 1 is 1.12 bits per heavy atom. The number of hydrogen-bond acceptors (Lipinski definition) is 4. The van der Waals surface area contributed by atoms with E-state index < -0.39 is 18.0 Å². The summed E-state index contributed by atoms with van der Waals surface area (Å²) in [5.41, 5.74) is 0.592. The van der Waals surface area contributed by atoms with E-state index in [1.165, 1.54) is 18.3 Å². The van der Waals surface area contributed by atoms with E-state index >= 15 is 0 Å². The Balaban J connectivity index is 1.64. The summed E-state index contributed by atoms with van der Waals surface area (Å²) < 4.78 is 6.26. The minimum atomic E-state index is -0.904. The van der Waals surface area contributed by atoms with Crippen molar-refractivity contribution < 1.29 is 14.3 Å². The molecule has 0 unspecified atom stereocenters. The molecule has 6 heteroatoms. The molecule has 1 aromatic heterocycles. The molecule has 0 spiro atoms. The van der Waals surface area contributed by atoms with E-state index in [9.17, 15) is 9.59 Å². The zero-order valence-electron chi connectivity index (χ0n) is 12.8. The number of halogens is 1. The molecule has 0 saturated heterocycles. The number of nitrogens with one attached hydrogen (secondary N) is 1. The molecule has 3 aromatic rings. The fourth-order valence-electron chi connectivity index (χ4n) is 2.13. The lowest BCUT2D eigenvalue weighted by atomic mass is 10.2. The predicted octanol–water partition coefficient (Wildman–Crippen LogP) is 4.74. The largest absolute Gasteiger partial charge is 0.448 e. The highest BCUT2D eigenvalue weighted by Crippen LogP contribution is 2.26. The molecule has 1 amide bonds. The van der Waals surface area contributed by atoms with Gasteiger partial charge in [-0.25, -0.2) is 4.79 Å². The highest BCUT2D eigenvalue weighted by atomic mass is 35.5. The monoisotopic (exact) mass is 359 g/mol.